The Morgan fingerprint density at radius 1 is 1.20 bits per heavy atom. The number of hydrogen-bond acceptors (Lipinski definition) is 3. The summed E-state index contributed by atoms with van der Waals surface area (Å²) in [7, 11) is 0. The first-order chi connectivity index (χ1) is 9.60. The molecule has 0 saturated heterocycles. The van der Waals surface area contributed by atoms with Gasteiger partial charge in [0, 0.05) is 24.0 Å². The van der Waals surface area contributed by atoms with Crippen LogP contribution in [0.2, 0.25) is 0 Å². The van der Waals surface area contributed by atoms with E-state index in [0.717, 1.165) is 37.2 Å². The molecule has 4 heteroatoms. The van der Waals surface area contributed by atoms with Crippen molar-refractivity contribution in [2.75, 3.05) is 23.7 Å². The number of nitrogens with one attached hydrogen (secondary N) is 1. The Kier molecular flexibility index (Phi) is 6.91. The third-order valence-electron chi connectivity index (χ3n) is 3.44. The highest BCUT2D eigenvalue weighted by Gasteiger charge is 2.13. The molecule has 112 valence electrons. The maximum absolute atomic E-state index is 12.1. The fraction of sp³-hybridized carbons (Fsp3) is 0.562. The molecule has 0 radical (unpaired) electrons. The van der Waals surface area contributed by atoms with Gasteiger partial charge in [0.25, 0.3) is 0 Å². The summed E-state index contributed by atoms with van der Waals surface area (Å²) in [6.07, 6.45) is 2.94. The van der Waals surface area contributed by atoms with Gasteiger partial charge in [0.15, 0.2) is 0 Å². The molecule has 1 rings (SSSR count). The average molecular weight is 277 g/mol. The van der Waals surface area contributed by atoms with Crippen LogP contribution in [0.15, 0.2) is 24.3 Å². The molecule has 0 saturated carbocycles. The summed E-state index contributed by atoms with van der Waals surface area (Å²) in [5.74, 6) is 0.0870. The molecule has 0 unspecified atom stereocenters. The van der Waals surface area contributed by atoms with Crippen molar-refractivity contribution >= 4 is 17.3 Å². The Morgan fingerprint density at radius 3 is 2.30 bits per heavy atom. The number of nitrogens with two attached hydrogens (primary N) is 1. The number of amides is 1. The molecular weight excluding hydrogens is 250 g/mol. The Bertz CT molecular complexity index is 399. The van der Waals surface area contributed by atoms with Gasteiger partial charge in [0.2, 0.25) is 5.91 Å². The molecule has 0 bridgehead atoms. The van der Waals surface area contributed by atoms with E-state index < -0.39 is 0 Å². The number of rotatable bonds is 8. The SMILES string of the molecule is CCCN(CC(=O)NC(CC)CC)c1ccc(N)cc1. The minimum Gasteiger partial charge on any atom is -0.399 e. The van der Waals surface area contributed by atoms with Gasteiger partial charge in [0.1, 0.15) is 0 Å². The lowest BCUT2D eigenvalue weighted by Crippen LogP contribution is -2.42. The van der Waals surface area contributed by atoms with Crippen molar-refractivity contribution in [3.05, 3.63) is 24.3 Å². The number of benzene rings is 1. The van der Waals surface area contributed by atoms with Crippen LogP contribution in [0.25, 0.3) is 0 Å². The normalized spacial score (nSPS) is 10.6. The summed E-state index contributed by atoms with van der Waals surface area (Å²) in [6, 6.07) is 7.95. The maximum Gasteiger partial charge on any atom is 0.239 e. The van der Waals surface area contributed by atoms with E-state index in [0.29, 0.717) is 6.54 Å². The molecule has 0 aliphatic rings. The largest absolute Gasteiger partial charge is 0.399 e. The maximum atomic E-state index is 12.1. The second-order valence-electron chi connectivity index (χ2n) is 5.09. The highest BCUT2D eigenvalue weighted by Crippen LogP contribution is 2.16. The summed E-state index contributed by atoms with van der Waals surface area (Å²) < 4.78 is 0. The van der Waals surface area contributed by atoms with E-state index in [1.165, 1.54) is 0 Å². The molecule has 20 heavy (non-hydrogen) atoms. The lowest BCUT2D eigenvalue weighted by Gasteiger charge is -2.25. The Balaban J connectivity index is 2.67. The van der Waals surface area contributed by atoms with Crippen LogP contribution in [0.3, 0.4) is 0 Å². The number of carbonyl (C=O) groups excluding carboxylic acids is 1. The van der Waals surface area contributed by atoms with E-state index in [-0.39, 0.29) is 11.9 Å². The number of carbonyl (C=O) groups is 1. The first kappa shape index (κ1) is 16.3. The highest BCUT2D eigenvalue weighted by atomic mass is 16.2. The van der Waals surface area contributed by atoms with Crippen molar-refractivity contribution in [2.24, 2.45) is 0 Å². The number of anilines is 2. The fourth-order valence-electron chi connectivity index (χ4n) is 2.19. The summed E-state index contributed by atoms with van der Waals surface area (Å²) in [5, 5.41) is 3.08. The van der Waals surface area contributed by atoms with Gasteiger partial charge >= 0.3 is 0 Å². The predicted octanol–water partition coefficient (Wildman–Crippen LogP) is 2.79. The Labute approximate surface area is 122 Å². The van der Waals surface area contributed by atoms with Crippen LogP contribution >= 0.6 is 0 Å². The molecule has 0 heterocycles. The van der Waals surface area contributed by atoms with E-state index in [9.17, 15) is 4.79 Å². The van der Waals surface area contributed by atoms with Crippen LogP contribution < -0.4 is 16.0 Å². The zero-order chi connectivity index (χ0) is 15.0. The average Bonchev–Trinajstić information content (AvgIpc) is 2.45. The van der Waals surface area contributed by atoms with Crippen LogP contribution in [-0.2, 0) is 4.79 Å². The first-order valence-corrected chi connectivity index (χ1v) is 7.50. The quantitative estimate of drug-likeness (QED) is 0.718. The topological polar surface area (TPSA) is 58.4 Å². The minimum atomic E-state index is 0.0870. The van der Waals surface area contributed by atoms with Gasteiger partial charge in [-0.25, -0.2) is 0 Å². The zero-order valence-corrected chi connectivity index (χ0v) is 12.9. The molecule has 0 aromatic heterocycles. The first-order valence-electron chi connectivity index (χ1n) is 7.50. The van der Waals surface area contributed by atoms with E-state index in [4.69, 9.17) is 5.73 Å². The Hall–Kier alpha value is -1.71. The Morgan fingerprint density at radius 2 is 1.80 bits per heavy atom. The van der Waals surface area contributed by atoms with Crippen molar-refractivity contribution in [1.29, 1.82) is 0 Å². The van der Waals surface area contributed by atoms with E-state index >= 15 is 0 Å². The van der Waals surface area contributed by atoms with E-state index in [2.05, 4.69) is 31.0 Å². The second-order valence-corrected chi connectivity index (χ2v) is 5.09. The molecule has 4 nitrogen and oxygen atoms in total. The molecule has 0 atom stereocenters. The van der Waals surface area contributed by atoms with Crippen LogP contribution in [0, 0.1) is 0 Å². The summed E-state index contributed by atoms with van der Waals surface area (Å²) in [6.45, 7) is 7.56. The summed E-state index contributed by atoms with van der Waals surface area (Å²) in [5.41, 5.74) is 7.49. The lowest BCUT2D eigenvalue weighted by atomic mass is 10.1. The van der Waals surface area contributed by atoms with E-state index in [1.54, 1.807) is 0 Å². The zero-order valence-electron chi connectivity index (χ0n) is 12.9. The summed E-state index contributed by atoms with van der Waals surface area (Å²) in [4.78, 5) is 14.2. The van der Waals surface area contributed by atoms with Gasteiger partial charge in [-0.15, -0.1) is 0 Å². The van der Waals surface area contributed by atoms with Gasteiger partial charge in [0.05, 0.1) is 6.54 Å². The van der Waals surface area contributed by atoms with Crippen molar-refractivity contribution < 1.29 is 4.79 Å². The monoisotopic (exact) mass is 277 g/mol. The third kappa shape index (κ3) is 5.11. The molecule has 1 aromatic rings. The molecule has 3 N–H and O–H groups in total. The third-order valence-corrected chi connectivity index (χ3v) is 3.44. The number of hydrogen-bond donors (Lipinski definition) is 2. The van der Waals surface area contributed by atoms with Crippen molar-refractivity contribution in [3.8, 4) is 0 Å². The summed E-state index contributed by atoms with van der Waals surface area (Å²) >= 11 is 0. The molecule has 0 fully saturated rings. The highest BCUT2D eigenvalue weighted by molar-refractivity contribution is 5.81. The van der Waals surface area contributed by atoms with Gasteiger partial charge in [-0.3, -0.25) is 4.79 Å². The van der Waals surface area contributed by atoms with Crippen molar-refractivity contribution in [1.82, 2.24) is 5.32 Å². The van der Waals surface area contributed by atoms with Gasteiger partial charge in [-0.1, -0.05) is 20.8 Å². The van der Waals surface area contributed by atoms with E-state index in [1.807, 2.05) is 24.3 Å². The fourth-order valence-corrected chi connectivity index (χ4v) is 2.19. The van der Waals surface area contributed by atoms with Crippen LogP contribution in [-0.4, -0.2) is 25.0 Å². The standard InChI is InChI=1S/C16H27N3O/c1-4-11-19(15-9-7-13(17)8-10-15)12-16(20)18-14(5-2)6-3/h7-10,14H,4-6,11-12,17H2,1-3H3,(H,18,20). The van der Waals surface area contributed by atoms with Crippen LogP contribution in [0.5, 0.6) is 0 Å². The molecule has 0 spiro atoms. The molecule has 0 aliphatic carbocycles. The molecule has 0 aliphatic heterocycles. The van der Waals surface area contributed by atoms with Gasteiger partial charge < -0.3 is 16.0 Å². The second kappa shape index (κ2) is 8.46. The minimum absolute atomic E-state index is 0.0870. The van der Waals surface area contributed by atoms with Crippen LogP contribution in [0.4, 0.5) is 11.4 Å². The lowest BCUT2D eigenvalue weighted by molar-refractivity contribution is -0.120. The number of nitrogens with zero attached hydrogens (tertiary/aromatic N) is 1. The molecule has 1 aromatic carbocycles. The smallest absolute Gasteiger partial charge is 0.239 e. The molecule has 1 amide bonds. The molecular formula is C16H27N3O. The predicted molar refractivity (Wildman–Crippen MR) is 85.9 cm³/mol. The van der Waals surface area contributed by atoms with Gasteiger partial charge in [-0.2, -0.15) is 0 Å². The van der Waals surface area contributed by atoms with Crippen molar-refractivity contribution in [2.45, 2.75) is 46.1 Å². The van der Waals surface area contributed by atoms with Crippen molar-refractivity contribution in [3.63, 3.8) is 0 Å². The van der Waals surface area contributed by atoms with Gasteiger partial charge in [-0.05, 0) is 43.5 Å². The number of nitrogen functional groups attached to an aromatic ring is 1. The van der Waals surface area contributed by atoms with Crippen LogP contribution in [0.1, 0.15) is 40.0 Å².